The molecule has 0 bridgehead atoms. The second-order valence-corrected chi connectivity index (χ2v) is 6.19. The fourth-order valence-corrected chi connectivity index (χ4v) is 3.30. The molecule has 15 heavy (non-hydrogen) atoms. The van der Waals surface area contributed by atoms with Gasteiger partial charge in [0.1, 0.15) is 0 Å². The number of fused-ring (bicyclic) bond motifs is 1. The third-order valence-electron chi connectivity index (χ3n) is 4.18. The molecule has 2 nitrogen and oxygen atoms in total. The molecule has 1 N–H and O–H groups in total. The molecular formula is C13H25NO. The first kappa shape index (κ1) is 11.4. The topological polar surface area (TPSA) is 23.5 Å². The number of nitrogens with zero attached hydrogens (tertiary/aromatic N) is 1. The van der Waals surface area contributed by atoms with Gasteiger partial charge in [-0.1, -0.05) is 26.7 Å². The maximum atomic E-state index is 9.32. The van der Waals surface area contributed by atoms with Crippen molar-refractivity contribution >= 4 is 0 Å². The minimum atomic E-state index is 0.0757. The Labute approximate surface area is 93.7 Å². The first-order chi connectivity index (χ1) is 7.12. The average molecular weight is 211 g/mol. The zero-order valence-electron chi connectivity index (χ0n) is 10.2. The average Bonchev–Trinajstić information content (AvgIpc) is 2.62. The molecule has 0 aromatic carbocycles. The Kier molecular flexibility index (Phi) is 3.36. The van der Waals surface area contributed by atoms with E-state index in [9.17, 15) is 5.11 Å². The highest BCUT2D eigenvalue weighted by Gasteiger charge is 2.37. The lowest BCUT2D eigenvalue weighted by atomic mass is 9.84. The molecule has 2 aliphatic rings. The Hall–Kier alpha value is -0.0800. The van der Waals surface area contributed by atoms with E-state index in [4.69, 9.17) is 0 Å². The standard InChI is InChI=1S/C13H25NO/c1-13(2,10-15)9-14-8-7-11-5-3-4-6-12(11)14/h11-12,15H,3-10H2,1-2H3. The highest BCUT2D eigenvalue weighted by Crippen LogP contribution is 2.37. The molecule has 88 valence electrons. The molecule has 1 heterocycles. The Morgan fingerprint density at radius 3 is 2.67 bits per heavy atom. The summed E-state index contributed by atoms with van der Waals surface area (Å²) in [5, 5.41) is 9.32. The van der Waals surface area contributed by atoms with E-state index in [2.05, 4.69) is 18.7 Å². The van der Waals surface area contributed by atoms with Crippen molar-refractivity contribution < 1.29 is 5.11 Å². The second kappa shape index (κ2) is 4.42. The van der Waals surface area contributed by atoms with Gasteiger partial charge >= 0.3 is 0 Å². The fraction of sp³-hybridized carbons (Fsp3) is 1.00. The number of hydrogen-bond donors (Lipinski definition) is 1. The van der Waals surface area contributed by atoms with Crippen LogP contribution in [0.3, 0.4) is 0 Å². The summed E-state index contributed by atoms with van der Waals surface area (Å²) in [5.41, 5.74) is 0.0757. The highest BCUT2D eigenvalue weighted by molar-refractivity contribution is 4.91. The number of aliphatic hydroxyl groups is 1. The van der Waals surface area contributed by atoms with Crippen molar-refractivity contribution in [3.63, 3.8) is 0 Å². The Bertz CT molecular complexity index is 215. The van der Waals surface area contributed by atoms with E-state index in [1.54, 1.807) is 0 Å². The first-order valence-corrected chi connectivity index (χ1v) is 6.47. The van der Waals surface area contributed by atoms with Crippen LogP contribution in [0.25, 0.3) is 0 Å². The van der Waals surface area contributed by atoms with E-state index in [0.717, 1.165) is 18.5 Å². The van der Waals surface area contributed by atoms with Gasteiger partial charge in [0.05, 0.1) is 0 Å². The molecule has 1 aliphatic carbocycles. The van der Waals surface area contributed by atoms with Crippen LogP contribution in [0.2, 0.25) is 0 Å². The molecule has 0 aromatic heterocycles. The lowest BCUT2D eigenvalue weighted by Gasteiger charge is -2.36. The molecule has 1 aliphatic heterocycles. The highest BCUT2D eigenvalue weighted by atomic mass is 16.3. The Balaban J connectivity index is 1.93. The predicted molar refractivity (Wildman–Crippen MR) is 62.8 cm³/mol. The maximum Gasteiger partial charge on any atom is 0.0494 e. The quantitative estimate of drug-likeness (QED) is 0.774. The predicted octanol–water partition coefficient (Wildman–Crippen LogP) is 2.27. The monoisotopic (exact) mass is 211 g/mol. The Morgan fingerprint density at radius 1 is 1.20 bits per heavy atom. The van der Waals surface area contributed by atoms with Crippen LogP contribution in [-0.4, -0.2) is 35.7 Å². The van der Waals surface area contributed by atoms with Crippen molar-refractivity contribution in [2.45, 2.75) is 52.0 Å². The van der Waals surface area contributed by atoms with Gasteiger partial charge in [-0.15, -0.1) is 0 Å². The van der Waals surface area contributed by atoms with Gasteiger partial charge in [0, 0.05) is 24.6 Å². The van der Waals surface area contributed by atoms with E-state index in [1.165, 1.54) is 38.6 Å². The molecule has 0 spiro atoms. The van der Waals surface area contributed by atoms with Gasteiger partial charge < -0.3 is 5.11 Å². The SMILES string of the molecule is CC(C)(CO)CN1CCC2CCCCC21. The molecule has 2 atom stereocenters. The van der Waals surface area contributed by atoms with Gasteiger partial charge in [0.2, 0.25) is 0 Å². The molecule has 0 radical (unpaired) electrons. The van der Waals surface area contributed by atoms with Crippen molar-refractivity contribution in [1.29, 1.82) is 0 Å². The van der Waals surface area contributed by atoms with E-state index in [1.807, 2.05) is 0 Å². The molecule has 2 unspecified atom stereocenters. The lowest BCUT2D eigenvalue weighted by molar-refractivity contribution is 0.0814. The third kappa shape index (κ3) is 2.54. The number of rotatable bonds is 3. The molecular weight excluding hydrogens is 186 g/mol. The van der Waals surface area contributed by atoms with Crippen LogP contribution in [-0.2, 0) is 0 Å². The van der Waals surface area contributed by atoms with Crippen LogP contribution in [0.15, 0.2) is 0 Å². The van der Waals surface area contributed by atoms with Crippen LogP contribution in [0.1, 0.15) is 46.0 Å². The molecule has 1 saturated heterocycles. The number of likely N-dealkylation sites (tertiary alicyclic amines) is 1. The van der Waals surface area contributed by atoms with Crippen LogP contribution in [0.5, 0.6) is 0 Å². The van der Waals surface area contributed by atoms with Gasteiger partial charge in [0.15, 0.2) is 0 Å². The summed E-state index contributed by atoms with van der Waals surface area (Å²) in [6, 6.07) is 0.838. The van der Waals surface area contributed by atoms with Crippen molar-refractivity contribution in [1.82, 2.24) is 4.90 Å². The van der Waals surface area contributed by atoms with Crippen LogP contribution >= 0.6 is 0 Å². The number of aliphatic hydroxyl groups excluding tert-OH is 1. The summed E-state index contributed by atoms with van der Waals surface area (Å²) in [7, 11) is 0. The fourth-order valence-electron chi connectivity index (χ4n) is 3.30. The van der Waals surface area contributed by atoms with Gasteiger partial charge in [0.25, 0.3) is 0 Å². The van der Waals surface area contributed by atoms with Crippen LogP contribution < -0.4 is 0 Å². The normalized spacial score (nSPS) is 33.0. The molecule has 2 fully saturated rings. The summed E-state index contributed by atoms with van der Waals surface area (Å²) in [6.07, 6.45) is 7.09. The minimum absolute atomic E-state index is 0.0757. The summed E-state index contributed by atoms with van der Waals surface area (Å²) in [6.45, 7) is 6.98. The van der Waals surface area contributed by atoms with Crippen molar-refractivity contribution in [3.8, 4) is 0 Å². The maximum absolute atomic E-state index is 9.32. The van der Waals surface area contributed by atoms with Crippen LogP contribution in [0.4, 0.5) is 0 Å². The summed E-state index contributed by atoms with van der Waals surface area (Å²) < 4.78 is 0. The largest absolute Gasteiger partial charge is 0.396 e. The summed E-state index contributed by atoms with van der Waals surface area (Å²) in [4.78, 5) is 2.64. The molecule has 2 heteroatoms. The van der Waals surface area contributed by atoms with Gasteiger partial charge in [-0.05, 0) is 31.7 Å². The van der Waals surface area contributed by atoms with Gasteiger partial charge in [-0.25, -0.2) is 0 Å². The third-order valence-corrected chi connectivity index (χ3v) is 4.18. The first-order valence-electron chi connectivity index (χ1n) is 6.47. The van der Waals surface area contributed by atoms with Gasteiger partial charge in [-0.2, -0.15) is 0 Å². The smallest absolute Gasteiger partial charge is 0.0494 e. The summed E-state index contributed by atoms with van der Waals surface area (Å²) >= 11 is 0. The van der Waals surface area contributed by atoms with E-state index >= 15 is 0 Å². The Morgan fingerprint density at radius 2 is 1.93 bits per heavy atom. The zero-order valence-corrected chi connectivity index (χ0v) is 10.2. The summed E-state index contributed by atoms with van der Waals surface area (Å²) in [5.74, 6) is 0.966. The van der Waals surface area contributed by atoms with Crippen molar-refractivity contribution in [2.75, 3.05) is 19.7 Å². The lowest BCUT2D eigenvalue weighted by Crippen LogP contribution is -2.41. The van der Waals surface area contributed by atoms with Gasteiger partial charge in [-0.3, -0.25) is 4.90 Å². The second-order valence-electron chi connectivity index (χ2n) is 6.19. The van der Waals surface area contributed by atoms with E-state index < -0.39 is 0 Å². The van der Waals surface area contributed by atoms with Crippen molar-refractivity contribution in [3.05, 3.63) is 0 Å². The van der Waals surface area contributed by atoms with E-state index in [0.29, 0.717) is 6.61 Å². The molecule has 2 rings (SSSR count). The number of hydrogen-bond acceptors (Lipinski definition) is 2. The molecule has 0 amide bonds. The molecule has 1 saturated carbocycles. The van der Waals surface area contributed by atoms with Crippen LogP contribution in [0, 0.1) is 11.3 Å². The van der Waals surface area contributed by atoms with Crippen molar-refractivity contribution in [2.24, 2.45) is 11.3 Å². The minimum Gasteiger partial charge on any atom is -0.396 e. The zero-order chi connectivity index (χ0) is 10.9. The van der Waals surface area contributed by atoms with E-state index in [-0.39, 0.29) is 5.41 Å². The molecule has 0 aromatic rings.